The second kappa shape index (κ2) is 5.62. The van der Waals surface area contributed by atoms with Gasteiger partial charge in [0.05, 0.1) is 10.6 Å². The lowest BCUT2D eigenvalue weighted by molar-refractivity contribution is 0.0784. The molecule has 18 heavy (non-hydrogen) atoms. The first-order valence-electron chi connectivity index (χ1n) is 6.23. The molecule has 1 atom stereocenters. The number of hydrogen-bond donors (Lipinski definition) is 0. The summed E-state index contributed by atoms with van der Waals surface area (Å²) in [5.74, 6) is 1.28. The minimum Gasteiger partial charge on any atom is -0.338 e. The quantitative estimate of drug-likeness (QED) is 0.795. The fourth-order valence-corrected chi connectivity index (χ4v) is 2.91. The molecule has 1 aliphatic rings. The molecule has 0 N–H and O–H groups in total. The molecule has 1 unspecified atom stereocenters. The van der Waals surface area contributed by atoms with Gasteiger partial charge >= 0.3 is 0 Å². The van der Waals surface area contributed by atoms with Gasteiger partial charge in [0.25, 0.3) is 5.91 Å². The van der Waals surface area contributed by atoms with Crippen molar-refractivity contribution in [2.24, 2.45) is 11.8 Å². The third-order valence-electron chi connectivity index (χ3n) is 3.61. The van der Waals surface area contributed by atoms with Crippen LogP contribution in [-0.2, 0) is 0 Å². The van der Waals surface area contributed by atoms with E-state index >= 15 is 0 Å². The van der Waals surface area contributed by atoms with E-state index in [-0.39, 0.29) is 5.91 Å². The number of halogens is 2. The van der Waals surface area contributed by atoms with E-state index in [1.807, 2.05) is 11.0 Å². The Morgan fingerprint density at radius 1 is 1.50 bits per heavy atom. The smallest absolute Gasteiger partial charge is 0.255 e. The average molecular weight is 331 g/mol. The van der Waals surface area contributed by atoms with Crippen LogP contribution in [0.25, 0.3) is 0 Å². The Bertz CT molecular complexity index is 461. The van der Waals surface area contributed by atoms with Gasteiger partial charge in [-0.25, -0.2) is 0 Å². The topological polar surface area (TPSA) is 20.3 Å². The summed E-state index contributed by atoms with van der Waals surface area (Å²) in [7, 11) is 0. The number of carbonyl (C=O) groups is 1. The first-order chi connectivity index (χ1) is 8.49. The van der Waals surface area contributed by atoms with E-state index in [1.54, 1.807) is 12.1 Å². The van der Waals surface area contributed by atoms with Gasteiger partial charge in [0.2, 0.25) is 0 Å². The monoisotopic (exact) mass is 329 g/mol. The van der Waals surface area contributed by atoms with E-state index in [9.17, 15) is 4.79 Å². The summed E-state index contributed by atoms with van der Waals surface area (Å²) in [5, 5.41) is 0.524. The lowest BCUT2D eigenvalue weighted by atomic mass is 9.95. The Kier molecular flexibility index (Phi) is 4.33. The molecule has 0 bridgehead atoms. The summed E-state index contributed by atoms with van der Waals surface area (Å²) >= 11 is 9.48. The highest BCUT2D eigenvalue weighted by molar-refractivity contribution is 9.10. The standard InChI is InChI=1S/C14H17BrClNO/c1-9(2)10-5-6-17(8-10)14(18)12-7-11(15)3-4-13(12)16/h3-4,7,9-10H,5-6,8H2,1-2H3. The van der Waals surface area contributed by atoms with Gasteiger partial charge in [-0.2, -0.15) is 0 Å². The number of nitrogens with zero attached hydrogens (tertiary/aromatic N) is 1. The highest BCUT2D eigenvalue weighted by Gasteiger charge is 2.29. The summed E-state index contributed by atoms with van der Waals surface area (Å²) in [6.07, 6.45) is 1.09. The van der Waals surface area contributed by atoms with E-state index in [0.717, 1.165) is 24.0 Å². The van der Waals surface area contributed by atoms with Gasteiger partial charge in [0, 0.05) is 17.6 Å². The second-order valence-electron chi connectivity index (χ2n) is 5.17. The van der Waals surface area contributed by atoms with Gasteiger partial charge in [-0.3, -0.25) is 4.79 Å². The third-order valence-corrected chi connectivity index (χ3v) is 4.44. The molecule has 0 aromatic heterocycles. The first-order valence-corrected chi connectivity index (χ1v) is 7.40. The zero-order chi connectivity index (χ0) is 13.3. The molecule has 0 aliphatic carbocycles. The van der Waals surface area contributed by atoms with E-state index < -0.39 is 0 Å². The van der Waals surface area contributed by atoms with Gasteiger partial charge in [0.15, 0.2) is 0 Å². The molecule has 1 aliphatic heterocycles. The largest absolute Gasteiger partial charge is 0.338 e. The Hall–Kier alpha value is -0.540. The molecule has 2 rings (SSSR count). The maximum absolute atomic E-state index is 12.4. The molecule has 1 amide bonds. The van der Waals surface area contributed by atoms with Crippen LogP contribution in [0, 0.1) is 11.8 Å². The van der Waals surface area contributed by atoms with Crippen LogP contribution in [0.2, 0.25) is 5.02 Å². The predicted molar refractivity (Wildman–Crippen MR) is 78.0 cm³/mol. The SMILES string of the molecule is CC(C)C1CCN(C(=O)c2cc(Br)ccc2Cl)C1. The van der Waals surface area contributed by atoms with Gasteiger partial charge in [-0.15, -0.1) is 0 Å². The summed E-state index contributed by atoms with van der Waals surface area (Å²) < 4.78 is 0.884. The Labute approximate surface area is 121 Å². The number of benzene rings is 1. The highest BCUT2D eigenvalue weighted by atomic mass is 79.9. The number of likely N-dealkylation sites (tertiary alicyclic amines) is 1. The number of carbonyl (C=O) groups excluding carboxylic acids is 1. The van der Waals surface area contributed by atoms with Gasteiger partial charge in [-0.1, -0.05) is 41.4 Å². The van der Waals surface area contributed by atoms with Crippen LogP contribution in [0.15, 0.2) is 22.7 Å². The van der Waals surface area contributed by atoms with Crippen LogP contribution in [-0.4, -0.2) is 23.9 Å². The maximum Gasteiger partial charge on any atom is 0.255 e. The molecule has 1 fully saturated rings. The molecule has 1 saturated heterocycles. The van der Waals surface area contributed by atoms with Crippen LogP contribution in [0.1, 0.15) is 30.6 Å². The average Bonchev–Trinajstić information content (AvgIpc) is 2.81. The van der Waals surface area contributed by atoms with Crippen LogP contribution >= 0.6 is 27.5 Å². The Morgan fingerprint density at radius 2 is 2.22 bits per heavy atom. The molecule has 1 heterocycles. The molecule has 0 radical (unpaired) electrons. The minimum absolute atomic E-state index is 0.0458. The van der Waals surface area contributed by atoms with Crippen molar-refractivity contribution < 1.29 is 4.79 Å². The van der Waals surface area contributed by atoms with E-state index in [1.165, 1.54) is 0 Å². The van der Waals surface area contributed by atoms with E-state index in [0.29, 0.717) is 22.4 Å². The van der Waals surface area contributed by atoms with Crippen LogP contribution in [0.3, 0.4) is 0 Å². The van der Waals surface area contributed by atoms with Gasteiger partial charge in [0.1, 0.15) is 0 Å². The predicted octanol–water partition coefficient (Wildman–Crippen LogP) is 4.22. The second-order valence-corrected chi connectivity index (χ2v) is 6.49. The fourth-order valence-electron chi connectivity index (χ4n) is 2.35. The maximum atomic E-state index is 12.4. The lowest BCUT2D eigenvalue weighted by Gasteiger charge is -2.19. The summed E-state index contributed by atoms with van der Waals surface area (Å²) in [4.78, 5) is 14.3. The molecular formula is C14H17BrClNO. The van der Waals surface area contributed by atoms with E-state index in [4.69, 9.17) is 11.6 Å². The van der Waals surface area contributed by atoms with Crippen LogP contribution < -0.4 is 0 Å². The number of rotatable bonds is 2. The van der Waals surface area contributed by atoms with Crippen molar-refractivity contribution in [1.29, 1.82) is 0 Å². The number of amides is 1. The van der Waals surface area contributed by atoms with Crippen LogP contribution in [0.4, 0.5) is 0 Å². The van der Waals surface area contributed by atoms with Crippen molar-refractivity contribution in [3.05, 3.63) is 33.3 Å². The lowest BCUT2D eigenvalue weighted by Crippen LogP contribution is -2.29. The summed E-state index contributed by atoms with van der Waals surface area (Å²) in [6.45, 7) is 6.11. The summed E-state index contributed by atoms with van der Waals surface area (Å²) in [6, 6.07) is 5.41. The van der Waals surface area contributed by atoms with Crippen molar-refractivity contribution in [3.63, 3.8) is 0 Å². The van der Waals surface area contributed by atoms with Crippen molar-refractivity contribution in [2.75, 3.05) is 13.1 Å². The highest BCUT2D eigenvalue weighted by Crippen LogP contribution is 2.28. The first kappa shape index (κ1) is 13.9. The Morgan fingerprint density at radius 3 is 2.83 bits per heavy atom. The molecule has 98 valence electrons. The third kappa shape index (κ3) is 2.89. The minimum atomic E-state index is 0.0458. The fraction of sp³-hybridized carbons (Fsp3) is 0.500. The summed E-state index contributed by atoms with van der Waals surface area (Å²) in [5.41, 5.74) is 0.593. The number of hydrogen-bond acceptors (Lipinski definition) is 1. The Balaban J connectivity index is 2.15. The van der Waals surface area contributed by atoms with Crippen molar-refractivity contribution >= 4 is 33.4 Å². The zero-order valence-electron chi connectivity index (χ0n) is 10.6. The van der Waals surface area contributed by atoms with Crippen LogP contribution in [0.5, 0.6) is 0 Å². The zero-order valence-corrected chi connectivity index (χ0v) is 13.0. The van der Waals surface area contributed by atoms with E-state index in [2.05, 4.69) is 29.8 Å². The van der Waals surface area contributed by atoms with Crippen molar-refractivity contribution in [2.45, 2.75) is 20.3 Å². The molecule has 1 aromatic rings. The van der Waals surface area contributed by atoms with Gasteiger partial charge < -0.3 is 4.90 Å². The van der Waals surface area contributed by atoms with Crippen molar-refractivity contribution in [3.8, 4) is 0 Å². The van der Waals surface area contributed by atoms with Crippen molar-refractivity contribution in [1.82, 2.24) is 4.90 Å². The molecular weight excluding hydrogens is 314 g/mol. The normalized spacial score (nSPS) is 19.6. The molecule has 0 saturated carbocycles. The molecule has 2 nitrogen and oxygen atoms in total. The molecule has 0 spiro atoms. The molecule has 1 aromatic carbocycles. The van der Waals surface area contributed by atoms with Gasteiger partial charge in [-0.05, 0) is 36.5 Å². The molecule has 4 heteroatoms.